The second kappa shape index (κ2) is 7.01. The van der Waals surface area contributed by atoms with Crippen LogP contribution >= 0.6 is 11.6 Å². The molecule has 0 spiro atoms. The maximum atomic E-state index is 11.4. The number of halogens is 1. The second-order valence-electron chi connectivity index (χ2n) is 3.53. The van der Waals surface area contributed by atoms with Crippen molar-refractivity contribution in [1.29, 1.82) is 0 Å². The summed E-state index contributed by atoms with van der Waals surface area (Å²) in [6.07, 6.45) is 0.906. The average molecular weight is 257 g/mol. The fourth-order valence-corrected chi connectivity index (χ4v) is 1.60. The summed E-state index contributed by atoms with van der Waals surface area (Å²) in [7, 11) is 1.58. The van der Waals surface area contributed by atoms with Crippen LogP contribution in [0.25, 0.3) is 0 Å². The summed E-state index contributed by atoms with van der Waals surface area (Å²) in [5.74, 6) is 0.674. The third-order valence-corrected chi connectivity index (χ3v) is 2.61. The predicted octanol–water partition coefficient (Wildman–Crippen LogP) is 2.56. The Labute approximate surface area is 106 Å². The van der Waals surface area contributed by atoms with Gasteiger partial charge in [-0.1, -0.05) is 24.6 Å². The third kappa shape index (κ3) is 4.15. The van der Waals surface area contributed by atoms with E-state index in [2.05, 4.69) is 10.6 Å². The molecule has 0 bridgehead atoms. The number of hydrogen-bond acceptors (Lipinski definition) is 2. The van der Waals surface area contributed by atoms with E-state index < -0.39 is 0 Å². The summed E-state index contributed by atoms with van der Waals surface area (Å²) < 4.78 is 5.18. The maximum Gasteiger partial charge on any atom is 0.315 e. The standard InChI is InChI=1S/C12H17ClN2O2/c1-3-7-14-12(16)15-8-9-10(13)5-4-6-11(9)17-2/h4-6H,3,7-8H2,1-2H3,(H2,14,15,16). The van der Waals surface area contributed by atoms with Crippen molar-refractivity contribution in [2.45, 2.75) is 19.9 Å². The van der Waals surface area contributed by atoms with Crippen LogP contribution in [0, 0.1) is 0 Å². The minimum atomic E-state index is -0.200. The van der Waals surface area contributed by atoms with Gasteiger partial charge < -0.3 is 15.4 Å². The molecule has 0 unspecified atom stereocenters. The number of amides is 2. The molecule has 0 radical (unpaired) electrons. The van der Waals surface area contributed by atoms with Gasteiger partial charge in [0.15, 0.2) is 0 Å². The minimum Gasteiger partial charge on any atom is -0.496 e. The zero-order valence-electron chi connectivity index (χ0n) is 10.0. The topological polar surface area (TPSA) is 50.4 Å². The number of ether oxygens (including phenoxy) is 1. The summed E-state index contributed by atoms with van der Waals surface area (Å²) in [5.41, 5.74) is 0.781. The molecule has 1 aromatic carbocycles. The molecule has 0 atom stereocenters. The van der Waals surface area contributed by atoms with Gasteiger partial charge in [-0.3, -0.25) is 0 Å². The van der Waals surface area contributed by atoms with Crippen LogP contribution in [0.2, 0.25) is 5.02 Å². The van der Waals surface area contributed by atoms with Crippen molar-refractivity contribution in [2.24, 2.45) is 0 Å². The monoisotopic (exact) mass is 256 g/mol. The molecule has 5 heteroatoms. The Morgan fingerprint density at radius 2 is 2.18 bits per heavy atom. The van der Waals surface area contributed by atoms with Crippen LogP contribution in [0.15, 0.2) is 18.2 Å². The van der Waals surface area contributed by atoms with Crippen molar-refractivity contribution in [3.05, 3.63) is 28.8 Å². The van der Waals surface area contributed by atoms with Gasteiger partial charge in [-0.2, -0.15) is 0 Å². The maximum absolute atomic E-state index is 11.4. The third-order valence-electron chi connectivity index (χ3n) is 2.26. The quantitative estimate of drug-likeness (QED) is 0.851. The van der Waals surface area contributed by atoms with Gasteiger partial charge in [0.2, 0.25) is 0 Å². The van der Waals surface area contributed by atoms with E-state index in [9.17, 15) is 4.79 Å². The van der Waals surface area contributed by atoms with Crippen molar-refractivity contribution in [2.75, 3.05) is 13.7 Å². The van der Waals surface area contributed by atoms with Gasteiger partial charge >= 0.3 is 6.03 Å². The summed E-state index contributed by atoms with van der Waals surface area (Å²) in [4.78, 5) is 11.4. The first-order valence-electron chi connectivity index (χ1n) is 5.52. The summed E-state index contributed by atoms with van der Waals surface area (Å²) in [6, 6.07) is 5.19. The molecule has 4 nitrogen and oxygen atoms in total. The summed E-state index contributed by atoms with van der Waals surface area (Å²) in [5, 5.41) is 6.04. The molecule has 0 heterocycles. The van der Waals surface area contributed by atoms with Crippen molar-refractivity contribution < 1.29 is 9.53 Å². The van der Waals surface area contributed by atoms with E-state index in [0.717, 1.165) is 12.0 Å². The Morgan fingerprint density at radius 3 is 2.82 bits per heavy atom. The van der Waals surface area contributed by atoms with E-state index in [-0.39, 0.29) is 6.03 Å². The largest absolute Gasteiger partial charge is 0.496 e. The van der Waals surface area contributed by atoms with Gasteiger partial charge in [-0.25, -0.2) is 4.79 Å². The zero-order valence-corrected chi connectivity index (χ0v) is 10.8. The second-order valence-corrected chi connectivity index (χ2v) is 3.94. The first-order chi connectivity index (χ1) is 8.19. The Hall–Kier alpha value is -1.42. The lowest BCUT2D eigenvalue weighted by Crippen LogP contribution is -2.35. The predicted molar refractivity (Wildman–Crippen MR) is 68.5 cm³/mol. The minimum absolute atomic E-state index is 0.200. The lowest BCUT2D eigenvalue weighted by molar-refractivity contribution is 0.240. The van der Waals surface area contributed by atoms with Gasteiger partial charge in [0.1, 0.15) is 5.75 Å². The molecular weight excluding hydrogens is 240 g/mol. The number of nitrogens with one attached hydrogen (secondary N) is 2. The molecule has 1 rings (SSSR count). The molecule has 0 aliphatic carbocycles. The molecule has 94 valence electrons. The zero-order chi connectivity index (χ0) is 12.7. The first kappa shape index (κ1) is 13.6. The molecule has 17 heavy (non-hydrogen) atoms. The van der Waals surface area contributed by atoms with Crippen LogP contribution in [0.1, 0.15) is 18.9 Å². The van der Waals surface area contributed by atoms with E-state index in [0.29, 0.717) is 23.9 Å². The highest BCUT2D eigenvalue weighted by atomic mass is 35.5. The summed E-state index contributed by atoms with van der Waals surface area (Å²) in [6.45, 7) is 3.00. The average Bonchev–Trinajstić information content (AvgIpc) is 2.34. The SMILES string of the molecule is CCCNC(=O)NCc1c(Cl)cccc1OC. The number of rotatable bonds is 5. The Balaban J connectivity index is 2.59. The molecule has 1 aromatic rings. The Kier molecular flexibility index (Phi) is 5.63. The van der Waals surface area contributed by atoms with Gasteiger partial charge in [0.25, 0.3) is 0 Å². The molecule has 0 aliphatic heterocycles. The van der Waals surface area contributed by atoms with Gasteiger partial charge in [-0.15, -0.1) is 0 Å². The molecule has 2 N–H and O–H groups in total. The van der Waals surface area contributed by atoms with Crippen LogP contribution in [0.4, 0.5) is 4.79 Å². The van der Waals surface area contributed by atoms with Gasteiger partial charge in [0, 0.05) is 23.7 Å². The number of carbonyl (C=O) groups is 1. The Morgan fingerprint density at radius 1 is 1.41 bits per heavy atom. The number of urea groups is 1. The number of methoxy groups -OCH3 is 1. The number of benzene rings is 1. The molecule has 0 aliphatic rings. The van der Waals surface area contributed by atoms with Crippen molar-refractivity contribution >= 4 is 17.6 Å². The van der Waals surface area contributed by atoms with E-state index in [1.165, 1.54) is 0 Å². The van der Waals surface area contributed by atoms with E-state index in [1.54, 1.807) is 13.2 Å². The normalized spacial score (nSPS) is 9.82. The van der Waals surface area contributed by atoms with Crippen LogP contribution in [-0.2, 0) is 6.54 Å². The van der Waals surface area contributed by atoms with Crippen LogP contribution < -0.4 is 15.4 Å². The molecule has 2 amide bonds. The molecule has 0 fully saturated rings. The lowest BCUT2D eigenvalue weighted by Gasteiger charge is -2.11. The van der Waals surface area contributed by atoms with Gasteiger partial charge in [0.05, 0.1) is 7.11 Å². The van der Waals surface area contributed by atoms with Gasteiger partial charge in [-0.05, 0) is 18.6 Å². The van der Waals surface area contributed by atoms with Crippen molar-refractivity contribution in [1.82, 2.24) is 10.6 Å². The van der Waals surface area contributed by atoms with E-state index >= 15 is 0 Å². The van der Waals surface area contributed by atoms with E-state index in [4.69, 9.17) is 16.3 Å². The molecule has 0 saturated carbocycles. The molecule has 0 saturated heterocycles. The van der Waals surface area contributed by atoms with Crippen molar-refractivity contribution in [3.8, 4) is 5.75 Å². The highest BCUT2D eigenvalue weighted by Crippen LogP contribution is 2.25. The first-order valence-corrected chi connectivity index (χ1v) is 5.90. The lowest BCUT2D eigenvalue weighted by atomic mass is 10.2. The number of carbonyl (C=O) groups excluding carboxylic acids is 1. The highest BCUT2D eigenvalue weighted by Gasteiger charge is 2.08. The molecular formula is C12H17ClN2O2. The van der Waals surface area contributed by atoms with Crippen molar-refractivity contribution in [3.63, 3.8) is 0 Å². The smallest absolute Gasteiger partial charge is 0.315 e. The fourth-order valence-electron chi connectivity index (χ4n) is 1.37. The highest BCUT2D eigenvalue weighted by molar-refractivity contribution is 6.31. The Bertz CT molecular complexity index is 383. The fraction of sp³-hybridized carbons (Fsp3) is 0.417. The summed E-state index contributed by atoms with van der Waals surface area (Å²) >= 11 is 6.04. The number of hydrogen-bond donors (Lipinski definition) is 2. The van der Waals surface area contributed by atoms with E-state index in [1.807, 2.05) is 19.1 Å². The van der Waals surface area contributed by atoms with Crippen LogP contribution in [0.3, 0.4) is 0 Å². The van der Waals surface area contributed by atoms with Crippen LogP contribution in [-0.4, -0.2) is 19.7 Å². The van der Waals surface area contributed by atoms with Crippen LogP contribution in [0.5, 0.6) is 5.75 Å². The molecule has 0 aromatic heterocycles.